The van der Waals surface area contributed by atoms with Crippen LogP contribution in [0.25, 0.3) is 0 Å². The molecule has 7 nitrogen and oxygen atoms in total. The van der Waals surface area contributed by atoms with Gasteiger partial charge in [-0.1, -0.05) is 29.8 Å². The molecule has 0 bridgehead atoms. The van der Waals surface area contributed by atoms with Gasteiger partial charge in [-0.05, 0) is 30.2 Å². The van der Waals surface area contributed by atoms with Crippen molar-refractivity contribution in [2.24, 2.45) is 0 Å². The lowest BCUT2D eigenvalue weighted by Crippen LogP contribution is -2.32. The topological polar surface area (TPSA) is 84.9 Å². The fourth-order valence-electron chi connectivity index (χ4n) is 2.98. The Morgan fingerprint density at radius 3 is 2.59 bits per heavy atom. The highest BCUT2D eigenvalue weighted by Gasteiger charge is 2.21. The van der Waals surface area contributed by atoms with Crippen LogP contribution < -0.4 is 19.1 Å². The second kappa shape index (κ2) is 9.37. The van der Waals surface area contributed by atoms with Crippen LogP contribution in [-0.4, -0.2) is 40.3 Å². The van der Waals surface area contributed by atoms with E-state index in [9.17, 15) is 13.2 Å². The molecule has 1 amide bonds. The van der Waals surface area contributed by atoms with Crippen LogP contribution in [0.1, 0.15) is 18.4 Å². The number of halogens is 1. The van der Waals surface area contributed by atoms with Gasteiger partial charge in [0.25, 0.3) is 0 Å². The molecule has 0 spiro atoms. The molecule has 0 unspecified atom stereocenters. The van der Waals surface area contributed by atoms with E-state index in [1.165, 1.54) is 4.31 Å². The maximum absolute atomic E-state index is 12.3. The Morgan fingerprint density at radius 1 is 1.14 bits per heavy atom. The molecule has 0 radical (unpaired) electrons. The third kappa shape index (κ3) is 5.77. The summed E-state index contributed by atoms with van der Waals surface area (Å²) in [6.45, 7) is 1.39. The SMILES string of the molecule is CS(=O)(=O)N(CCCC(=O)NCc1ccccc1Cl)c1ccc2c(c1)OCCO2. The molecule has 0 fully saturated rings. The average Bonchev–Trinajstić information content (AvgIpc) is 2.69. The molecule has 1 N–H and O–H groups in total. The van der Waals surface area contributed by atoms with Crippen molar-refractivity contribution in [2.45, 2.75) is 19.4 Å². The molecular formula is C20H23ClN2O5S. The largest absolute Gasteiger partial charge is 0.486 e. The maximum atomic E-state index is 12.3. The van der Waals surface area contributed by atoms with E-state index in [2.05, 4.69) is 5.32 Å². The Labute approximate surface area is 175 Å². The number of hydrogen-bond donors (Lipinski definition) is 1. The molecule has 1 aliphatic rings. The summed E-state index contributed by atoms with van der Waals surface area (Å²) in [7, 11) is -3.52. The zero-order valence-corrected chi connectivity index (χ0v) is 17.6. The minimum absolute atomic E-state index is 0.166. The standard InChI is InChI=1S/C20H23ClN2O5S/c1-29(25,26)23(16-8-9-18-19(13-16)28-12-11-27-18)10-4-7-20(24)22-14-15-5-2-3-6-17(15)21/h2-3,5-6,8-9,13H,4,7,10-12,14H2,1H3,(H,22,24). The normalized spacial score (nSPS) is 13.0. The van der Waals surface area contributed by atoms with Gasteiger partial charge in [0.2, 0.25) is 15.9 Å². The van der Waals surface area contributed by atoms with Crippen molar-refractivity contribution in [3.05, 3.63) is 53.1 Å². The van der Waals surface area contributed by atoms with Crippen molar-refractivity contribution < 1.29 is 22.7 Å². The summed E-state index contributed by atoms with van der Waals surface area (Å²) < 4.78 is 36.8. The van der Waals surface area contributed by atoms with Crippen LogP contribution in [0.3, 0.4) is 0 Å². The van der Waals surface area contributed by atoms with Crippen LogP contribution in [0.15, 0.2) is 42.5 Å². The number of nitrogens with one attached hydrogen (secondary N) is 1. The number of carbonyl (C=O) groups is 1. The number of hydrogen-bond acceptors (Lipinski definition) is 5. The number of anilines is 1. The molecule has 1 heterocycles. The average molecular weight is 439 g/mol. The van der Waals surface area contributed by atoms with Gasteiger partial charge in [0, 0.05) is 30.6 Å². The fraction of sp³-hybridized carbons (Fsp3) is 0.350. The number of nitrogens with zero attached hydrogens (tertiary/aromatic N) is 1. The summed E-state index contributed by atoms with van der Waals surface area (Å²) in [5.41, 5.74) is 1.31. The van der Waals surface area contributed by atoms with Gasteiger partial charge in [0.15, 0.2) is 11.5 Å². The quantitative estimate of drug-likeness (QED) is 0.684. The lowest BCUT2D eigenvalue weighted by atomic mass is 10.2. The van der Waals surface area contributed by atoms with Gasteiger partial charge >= 0.3 is 0 Å². The minimum Gasteiger partial charge on any atom is -0.486 e. The van der Waals surface area contributed by atoms with Gasteiger partial charge in [0.05, 0.1) is 11.9 Å². The Balaban J connectivity index is 1.57. The third-order valence-corrected chi connectivity index (χ3v) is 5.98. The van der Waals surface area contributed by atoms with Gasteiger partial charge in [-0.2, -0.15) is 0 Å². The van der Waals surface area contributed by atoms with Gasteiger partial charge < -0.3 is 14.8 Å². The number of rotatable bonds is 8. The van der Waals surface area contributed by atoms with Crippen LogP contribution in [0.2, 0.25) is 5.02 Å². The zero-order valence-electron chi connectivity index (χ0n) is 16.1. The summed E-state index contributed by atoms with van der Waals surface area (Å²) in [5.74, 6) is 0.938. The smallest absolute Gasteiger partial charge is 0.232 e. The molecule has 156 valence electrons. The molecule has 1 aliphatic heterocycles. The second-order valence-corrected chi connectivity index (χ2v) is 8.95. The molecule has 0 saturated carbocycles. The van der Waals surface area contributed by atoms with Gasteiger partial charge in [-0.3, -0.25) is 9.10 Å². The van der Waals surface area contributed by atoms with Gasteiger partial charge in [0.1, 0.15) is 13.2 Å². The number of sulfonamides is 1. The van der Waals surface area contributed by atoms with Crippen molar-refractivity contribution in [1.29, 1.82) is 0 Å². The summed E-state index contributed by atoms with van der Waals surface area (Å²) >= 11 is 6.08. The highest BCUT2D eigenvalue weighted by molar-refractivity contribution is 7.92. The van der Waals surface area contributed by atoms with E-state index >= 15 is 0 Å². The van der Waals surface area contributed by atoms with E-state index in [0.29, 0.717) is 48.4 Å². The van der Waals surface area contributed by atoms with E-state index in [1.807, 2.05) is 18.2 Å². The maximum Gasteiger partial charge on any atom is 0.232 e. The highest BCUT2D eigenvalue weighted by atomic mass is 35.5. The summed E-state index contributed by atoms with van der Waals surface area (Å²) in [4.78, 5) is 12.1. The van der Waals surface area contributed by atoms with E-state index < -0.39 is 10.0 Å². The molecule has 0 aliphatic carbocycles. The molecule has 2 aromatic carbocycles. The number of fused-ring (bicyclic) bond motifs is 1. The van der Waals surface area contributed by atoms with Crippen LogP contribution in [0, 0.1) is 0 Å². The molecule has 3 rings (SSSR count). The molecule has 0 saturated heterocycles. The predicted octanol–water partition coefficient (Wildman–Crippen LogP) is 2.97. The Morgan fingerprint density at radius 2 is 1.86 bits per heavy atom. The van der Waals surface area contributed by atoms with Crippen molar-refractivity contribution in [3.63, 3.8) is 0 Å². The first kappa shape index (κ1) is 21.3. The van der Waals surface area contributed by atoms with Crippen molar-refractivity contribution in [2.75, 3.05) is 30.3 Å². The lowest BCUT2D eigenvalue weighted by Gasteiger charge is -2.25. The molecule has 29 heavy (non-hydrogen) atoms. The minimum atomic E-state index is -3.52. The summed E-state index contributed by atoms with van der Waals surface area (Å²) in [6.07, 6.45) is 1.71. The third-order valence-electron chi connectivity index (χ3n) is 4.41. The van der Waals surface area contributed by atoms with Crippen LogP contribution in [-0.2, 0) is 21.4 Å². The molecule has 2 aromatic rings. The van der Waals surface area contributed by atoms with Crippen LogP contribution in [0.5, 0.6) is 11.5 Å². The second-order valence-electron chi connectivity index (χ2n) is 6.63. The Kier molecular flexibility index (Phi) is 6.87. The van der Waals surface area contributed by atoms with E-state index in [-0.39, 0.29) is 18.9 Å². The first-order valence-corrected chi connectivity index (χ1v) is 11.4. The fourth-order valence-corrected chi connectivity index (χ4v) is 4.14. The van der Waals surface area contributed by atoms with E-state index in [0.717, 1.165) is 11.8 Å². The van der Waals surface area contributed by atoms with E-state index in [1.54, 1.807) is 24.3 Å². The monoisotopic (exact) mass is 438 g/mol. The van der Waals surface area contributed by atoms with Crippen molar-refractivity contribution in [1.82, 2.24) is 5.32 Å². The number of amides is 1. The molecule has 0 atom stereocenters. The molecule has 0 aromatic heterocycles. The van der Waals surface area contributed by atoms with Crippen LogP contribution in [0.4, 0.5) is 5.69 Å². The van der Waals surface area contributed by atoms with E-state index in [4.69, 9.17) is 21.1 Å². The zero-order chi connectivity index (χ0) is 20.9. The first-order valence-electron chi connectivity index (χ1n) is 9.22. The van der Waals surface area contributed by atoms with Crippen molar-refractivity contribution in [3.8, 4) is 11.5 Å². The predicted molar refractivity (Wildman–Crippen MR) is 112 cm³/mol. The number of benzene rings is 2. The molecule has 9 heteroatoms. The summed E-state index contributed by atoms with van der Waals surface area (Å²) in [6, 6.07) is 12.3. The lowest BCUT2D eigenvalue weighted by molar-refractivity contribution is -0.121. The number of carbonyl (C=O) groups excluding carboxylic acids is 1. The van der Waals surface area contributed by atoms with Crippen molar-refractivity contribution >= 4 is 33.2 Å². The number of ether oxygens (including phenoxy) is 2. The summed E-state index contributed by atoms with van der Waals surface area (Å²) in [5, 5.41) is 3.40. The highest BCUT2D eigenvalue weighted by Crippen LogP contribution is 2.34. The van der Waals surface area contributed by atoms with Crippen LogP contribution >= 0.6 is 11.6 Å². The Bertz CT molecular complexity index is 981. The Hall–Kier alpha value is -2.45. The van der Waals surface area contributed by atoms with Gasteiger partial charge in [-0.25, -0.2) is 8.42 Å². The van der Waals surface area contributed by atoms with Gasteiger partial charge in [-0.15, -0.1) is 0 Å². The first-order chi connectivity index (χ1) is 13.8. The molecular weight excluding hydrogens is 416 g/mol.